The van der Waals surface area contributed by atoms with Crippen molar-refractivity contribution in [1.29, 1.82) is 0 Å². The van der Waals surface area contributed by atoms with Crippen molar-refractivity contribution in [3.8, 4) is 0 Å². The van der Waals surface area contributed by atoms with Gasteiger partial charge in [0.25, 0.3) is 0 Å². The lowest BCUT2D eigenvalue weighted by Crippen LogP contribution is -2.38. The van der Waals surface area contributed by atoms with E-state index >= 15 is 0 Å². The van der Waals surface area contributed by atoms with Crippen LogP contribution in [0.2, 0.25) is 0 Å². The molecule has 1 saturated heterocycles. The molecule has 0 N–H and O–H groups in total. The molecule has 1 aliphatic heterocycles. The monoisotopic (exact) mass is 197 g/mol. The fraction of sp³-hybridized carbons (Fsp3) is 1.00. The second-order valence-corrected chi connectivity index (χ2v) is 5.39. The van der Waals surface area contributed by atoms with Crippen molar-refractivity contribution in [1.82, 2.24) is 4.90 Å². The van der Waals surface area contributed by atoms with Gasteiger partial charge >= 0.3 is 0 Å². The van der Waals surface area contributed by atoms with E-state index in [1.54, 1.807) is 0 Å². The van der Waals surface area contributed by atoms with Crippen molar-refractivity contribution in [2.75, 3.05) is 33.4 Å². The first-order chi connectivity index (χ1) is 6.74. The van der Waals surface area contributed by atoms with Crippen molar-refractivity contribution < 1.29 is 4.74 Å². The first-order valence-electron chi connectivity index (χ1n) is 5.95. The zero-order chi connectivity index (χ0) is 10.0. The lowest BCUT2D eigenvalue weighted by molar-refractivity contribution is 0.0927. The van der Waals surface area contributed by atoms with Crippen molar-refractivity contribution in [3.63, 3.8) is 0 Å². The molecule has 0 spiro atoms. The minimum atomic E-state index is 0.551. The molecule has 0 aromatic rings. The van der Waals surface area contributed by atoms with Crippen LogP contribution in [0.5, 0.6) is 0 Å². The Bertz CT molecular complexity index is 181. The number of hydrogen-bond acceptors (Lipinski definition) is 2. The van der Waals surface area contributed by atoms with Crippen LogP contribution in [-0.4, -0.2) is 38.3 Å². The first kappa shape index (κ1) is 10.4. The van der Waals surface area contributed by atoms with Crippen molar-refractivity contribution >= 4 is 0 Å². The van der Waals surface area contributed by atoms with E-state index < -0.39 is 0 Å². The number of methoxy groups -OCH3 is 1. The Morgan fingerprint density at radius 3 is 2.43 bits per heavy atom. The van der Waals surface area contributed by atoms with E-state index in [4.69, 9.17) is 4.74 Å². The second-order valence-electron chi connectivity index (χ2n) is 5.39. The maximum Gasteiger partial charge on any atom is 0.0530 e. The SMILES string of the molecule is COCC1(CN2CCC(C)CC2)CC1. The van der Waals surface area contributed by atoms with Gasteiger partial charge in [-0.15, -0.1) is 0 Å². The standard InChI is InChI=1S/C12H23NO/c1-11-3-7-13(8-4-11)9-12(5-6-12)10-14-2/h11H,3-10H2,1-2H3. The molecule has 0 atom stereocenters. The van der Waals surface area contributed by atoms with Crippen molar-refractivity contribution in [2.45, 2.75) is 32.6 Å². The molecule has 0 amide bonds. The zero-order valence-electron chi connectivity index (χ0n) is 9.59. The van der Waals surface area contributed by atoms with Crippen LogP contribution in [-0.2, 0) is 4.74 Å². The highest BCUT2D eigenvalue weighted by Gasteiger charge is 2.44. The first-order valence-corrected chi connectivity index (χ1v) is 5.95. The Balaban J connectivity index is 1.75. The van der Waals surface area contributed by atoms with E-state index in [0.29, 0.717) is 5.41 Å². The molecule has 0 aromatic carbocycles. The van der Waals surface area contributed by atoms with Crippen LogP contribution in [0.3, 0.4) is 0 Å². The highest BCUT2D eigenvalue weighted by molar-refractivity contribution is 4.96. The predicted octanol–water partition coefficient (Wildman–Crippen LogP) is 2.14. The van der Waals surface area contributed by atoms with Gasteiger partial charge in [0, 0.05) is 19.1 Å². The highest BCUT2D eigenvalue weighted by atomic mass is 16.5. The molecule has 0 radical (unpaired) electrons. The largest absolute Gasteiger partial charge is 0.384 e. The summed E-state index contributed by atoms with van der Waals surface area (Å²) in [7, 11) is 1.83. The molecule has 1 heterocycles. The lowest BCUT2D eigenvalue weighted by Gasteiger charge is -2.33. The van der Waals surface area contributed by atoms with Crippen LogP contribution in [0.15, 0.2) is 0 Å². The minimum Gasteiger partial charge on any atom is -0.384 e. The summed E-state index contributed by atoms with van der Waals surface area (Å²) in [4.78, 5) is 2.64. The normalized spacial score (nSPS) is 27.9. The smallest absolute Gasteiger partial charge is 0.0530 e. The minimum absolute atomic E-state index is 0.551. The number of nitrogens with zero attached hydrogens (tertiary/aromatic N) is 1. The van der Waals surface area contributed by atoms with Crippen LogP contribution < -0.4 is 0 Å². The predicted molar refractivity (Wildman–Crippen MR) is 58.4 cm³/mol. The summed E-state index contributed by atoms with van der Waals surface area (Å²) in [5.74, 6) is 0.948. The maximum atomic E-state index is 5.31. The molecular formula is C12H23NO. The molecule has 1 saturated carbocycles. The quantitative estimate of drug-likeness (QED) is 0.684. The van der Waals surface area contributed by atoms with Gasteiger partial charge in [0.05, 0.1) is 6.61 Å². The topological polar surface area (TPSA) is 12.5 Å². The van der Waals surface area contributed by atoms with Gasteiger partial charge in [0.1, 0.15) is 0 Å². The average molecular weight is 197 g/mol. The summed E-state index contributed by atoms with van der Waals surface area (Å²) >= 11 is 0. The summed E-state index contributed by atoms with van der Waals surface area (Å²) in [6.07, 6.45) is 5.55. The molecule has 0 unspecified atom stereocenters. The summed E-state index contributed by atoms with van der Waals surface area (Å²) in [6.45, 7) is 7.26. The van der Waals surface area contributed by atoms with Crippen LogP contribution in [0.4, 0.5) is 0 Å². The van der Waals surface area contributed by atoms with E-state index in [0.717, 1.165) is 12.5 Å². The molecule has 2 aliphatic rings. The van der Waals surface area contributed by atoms with Gasteiger partial charge < -0.3 is 9.64 Å². The number of piperidine rings is 1. The molecule has 82 valence electrons. The van der Waals surface area contributed by atoms with E-state index in [-0.39, 0.29) is 0 Å². The number of likely N-dealkylation sites (tertiary alicyclic amines) is 1. The third-order valence-corrected chi connectivity index (χ3v) is 3.84. The average Bonchev–Trinajstić information content (AvgIpc) is 2.90. The van der Waals surface area contributed by atoms with E-state index in [1.165, 1.54) is 45.3 Å². The van der Waals surface area contributed by atoms with Crippen LogP contribution in [0.25, 0.3) is 0 Å². The van der Waals surface area contributed by atoms with Gasteiger partial charge in [-0.3, -0.25) is 0 Å². The second kappa shape index (κ2) is 4.19. The van der Waals surface area contributed by atoms with Gasteiger partial charge in [-0.25, -0.2) is 0 Å². The van der Waals surface area contributed by atoms with Gasteiger partial charge in [-0.2, -0.15) is 0 Å². The van der Waals surface area contributed by atoms with Crippen LogP contribution >= 0.6 is 0 Å². The molecule has 2 rings (SSSR count). The van der Waals surface area contributed by atoms with Crippen molar-refractivity contribution in [3.05, 3.63) is 0 Å². The Labute approximate surface area is 87.6 Å². The Hall–Kier alpha value is -0.0800. The summed E-state index contributed by atoms with van der Waals surface area (Å²) in [5, 5.41) is 0. The molecule has 2 nitrogen and oxygen atoms in total. The highest BCUT2D eigenvalue weighted by Crippen LogP contribution is 2.46. The fourth-order valence-electron chi connectivity index (χ4n) is 2.53. The molecule has 0 aromatic heterocycles. The van der Waals surface area contributed by atoms with E-state index in [9.17, 15) is 0 Å². The van der Waals surface area contributed by atoms with E-state index in [2.05, 4.69) is 11.8 Å². The molecule has 0 bridgehead atoms. The zero-order valence-corrected chi connectivity index (χ0v) is 9.59. The van der Waals surface area contributed by atoms with Crippen molar-refractivity contribution in [2.24, 2.45) is 11.3 Å². The van der Waals surface area contributed by atoms with Gasteiger partial charge in [0.15, 0.2) is 0 Å². The number of rotatable bonds is 4. The summed E-state index contributed by atoms with van der Waals surface area (Å²) < 4.78 is 5.31. The summed E-state index contributed by atoms with van der Waals surface area (Å²) in [6, 6.07) is 0. The molecule has 2 fully saturated rings. The Morgan fingerprint density at radius 1 is 1.29 bits per heavy atom. The third kappa shape index (κ3) is 2.48. The molecule has 14 heavy (non-hydrogen) atoms. The van der Waals surface area contributed by atoms with Gasteiger partial charge in [0.2, 0.25) is 0 Å². The van der Waals surface area contributed by atoms with Gasteiger partial charge in [-0.1, -0.05) is 6.92 Å². The third-order valence-electron chi connectivity index (χ3n) is 3.84. The lowest BCUT2D eigenvalue weighted by atomic mass is 9.97. The van der Waals surface area contributed by atoms with Crippen LogP contribution in [0, 0.1) is 11.3 Å². The van der Waals surface area contributed by atoms with Crippen LogP contribution in [0.1, 0.15) is 32.6 Å². The maximum absolute atomic E-state index is 5.31. The Kier molecular flexibility index (Phi) is 3.13. The fourth-order valence-corrected chi connectivity index (χ4v) is 2.53. The Morgan fingerprint density at radius 2 is 1.93 bits per heavy atom. The molecular weight excluding hydrogens is 174 g/mol. The number of hydrogen-bond donors (Lipinski definition) is 0. The van der Waals surface area contributed by atoms with Gasteiger partial charge in [-0.05, 0) is 44.7 Å². The summed E-state index contributed by atoms with van der Waals surface area (Å²) in [5.41, 5.74) is 0.551. The molecule has 2 heteroatoms. The number of ether oxygens (including phenoxy) is 1. The molecule has 1 aliphatic carbocycles. The van der Waals surface area contributed by atoms with E-state index in [1.807, 2.05) is 7.11 Å².